The van der Waals surface area contributed by atoms with Crippen molar-refractivity contribution >= 4 is 57.5 Å². The SMILES string of the molecule is COC(=O)C(CNC(=O)C(=O)NCC(SC(=O)c1ccccc1)C(=O)OC)SC(=O)c1ccccc1. The summed E-state index contributed by atoms with van der Waals surface area (Å²) in [6, 6.07) is 16.4. The van der Waals surface area contributed by atoms with Crippen molar-refractivity contribution in [1.82, 2.24) is 10.6 Å². The molecular weight excluding hydrogens is 508 g/mol. The Morgan fingerprint density at radius 2 is 0.972 bits per heavy atom. The highest BCUT2D eigenvalue weighted by molar-refractivity contribution is 8.15. The second-order valence-corrected chi connectivity index (χ2v) is 9.34. The number of ether oxygens (including phenoxy) is 2. The maximum absolute atomic E-state index is 12.4. The summed E-state index contributed by atoms with van der Waals surface area (Å²) in [7, 11) is 2.28. The highest BCUT2D eigenvalue weighted by Crippen LogP contribution is 2.20. The smallest absolute Gasteiger partial charge is 0.321 e. The van der Waals surface area contributed by atoms with Crippen LogP contribution in [0.3, 0.4) is 0 Å². The first-order chi connectivity index (χ1) is 17.3. The van der Waals surface area contributed by atoms with E-state index in [1.54, 1.807) is 60.7 Å². The van der Waals surface area contributed by atoms with Gasteiger partial charge in [-0.3, -0.25) is 28.8 Å². The molecule has 0 aliphatic rings. The molecular formula is C24H24N2O8S2. The van der Waals surface area contributed by atoms with Gasteiger partial charge in [-0.15, -0.1) is 0 Å². The molecule has 0 saturated heterocycles. The van der Waals surface area contributed by atoms with E-state index in [2.05, 4.69) is 20.1 Å². The van der Waals surface area contributed by atoms with Crippen LogP contribution in [0.5, 0.6) is 0 Å². The first-order valence-corrected chi connectivity index (χ1v) is 12.3. The van der Waals surface area contributed by atoms with Crippen molar-refractivity contribution in [2.24, 2.45) is 0 Å². The first kappa shape index (κ1) is 28.6. The monoisotopic (exact) mass is 532 g/mol. The summed E-state index contributed by atoms with van der Waals surface area (Å²) >= 11 is 1.30. The van der Waals surface area contributed by atoms with Crippen LogP contribution in [-0.2, 0) is 28.7 Å². The molecule has 2 aromatic rings. The molecule has 2 aromatic carbocycles. The minimum atomic E-state index is -1.10. The average Bonchev–Trinajstić information content (AvgIpc) is 2.92. The molecule has 0 bridgehead atoms. The van der Waals surface area contributed by atoms with Gasteiger partial charge in [0.2, 0.25) is 10.2 Å². The van der Waals surface area contributed by atoms with E-state index >= 15 is 0 Å². The van der Waals surface area contributed by atoms with Crippen LogP contribution in [0.2, 0.25) is 0 Å². The molecule has 0 fully saturated rings. The Morgan fingerprint density at radius 3 is 1.28 bits per heavy atom. The Morgan fingerprint density at radius 1 is 0.639 bits per heavy atom. The van der Waals surface area contributed by atoms with E-state index in [0.29, 0.717) is 34.7 Å². The van der Waals surface area contributed by atoms with E-state index < -0.39 is 44.5 Å². The molecule has 0 aliphatic carbocycles. The molecule has 0 aliphatic heterocycles. The van der Waals surface area contributed by atoms with Gasteiger partial charge >= 0.3 is 23.8 Å². The molecule has 2 rings (SSSR count). The fraction of sp³-hybridized carbons (Fsp3) is 0.250. The molecule has 2 amide bonds. The zero-order valence-corrected chi connectivity index (χ0v) is 21.1. The fourth-order valence-electron chi connectivity index (χ4n) is 2.68. The van der Waals surface area contributed by atoms with E-state index in [4.69, 9.17) is 0 Å². The molecule has 2 N–H and O–H groups in total. The summed E-state index contributed by atoms with van der Waals surface area (Å²) in [5, 5.41) is 1.53. The minimum Gasteiger partial charge on any atom is -0.468 e. The minimum absolute atomic E-state index is 0.357. The Labute approximate surface area is 215 Å². The number of methoxy groups -OCH3 is 2. The molecule has 10 nitrogen and oxygen atoms in total. The molecule has 0 saturated carbocycles. The van der Waals surface area contributed by atoms with Gasteiger partial charge < -0.3 is 20.1 Å². The molecule has 12 heteroatoms. The number of carbonyl (C=O) groups is 6. The van der Waals surface area contributed by atoms with Gasteiger partial charge in [0, 0.05) is 24.2 Å². The van der Waals surface area contributed by atoms with Crippen molar-refractivity contribution in [2.75, 3.05) is 27.3 Å². The number of thioether (sulfide) groups is 2. The van der Waals surface area contributed by atoms with E-state index in [0.717, 1.165) is 14.2 Å². The Balaban J connectivity index is 1.92. The summed E-state index contributed by atoms with van der Waals surface area (Å²) in [5.74, 6) is -3.71. The lowest BCUT2D eigenvalue weighted by atomic mass is 10.2. The number of hydrogen-bond donors (Lipinski definition) is 2. The van der Waals surface area contributed by atoms with Crippen LogP contribution in [0.15, 0.2) is 60.7 Å². The van der Waals surface area contributed by atoms with Gasteiger partial charge in [-0.1, -0.05) is 84.2 Å². The van der Waals surface area contributed by atoms with Gasteiger partial charge in [0.1, 0.15) is 10.5 Å². The van der Waals surface area contributed by atoms with E-state index in [1.165, 1.54) is 0 Å². The molecule has 2 unspecified atom stereocenters. The van der Waals surface area contributed by atoms with Crippen LogP contribution < -0.4 is 10.6 Å². The van der Waals surface area contributed by atoms with Crippen LogP contribution in [0.4, 0.5) is 0 Å². The van der Waals surface area contributed by atoms with Crippen molar-refractivity contribution in [1.29, 1.82) is 0 Å². The number of amides is 2. The molecule has 0 aromatic heterocycles. The maximum Gasteiger partial charge on any atom is 0.321 e. The lowest BCUT2D eigenvalue weighted by Crippen LogP contribution is -2.46. The van der Waals surface area contributed by atoms with Crippen molar-refractivity contribution in [3.05, 3.63) is 71.8 Å². The molecule has 190 valence electrons. The van der Waals surface area contributed by atoms with Gasteiger partial charge in [-0.05, 0) is 0 Å². The van der Waals surface area contributed by atoms with Crippen molar-refractivity contribution < 1.29 is 38.2 Å². The highest BCUT2D eigenvalue weighted by Gasteiger charge is 2.28. The van der Waals surface area contributed by atoms with Crippen LogP contribution >= 0.6 is 23.5 Å². The van der Waals surface area contributed by atoms with E-state index in [-0.39, 0.29) is 13.1 Å². The van der Waals surface area contributed by atoms with Crippen LogP contribution in [-0.4, -0.2) is 71.8 Å². The summed E-state index contributed by atoms with van der Waals surface area (Å²) in [6.07, 6.45) is 0. The van der Waals surface area contributed by atoms with Crippen LogP contribution in [0.1, 0.15) is 20.7 Å². The van der Waals surface area contributed by atoms with Gasteiger partial charge in [0.15, 0.2) is 0 Å². The summed E-state index contributed by atoms with van der Waals surface area (Å²) in [5.41, 5.74) is 0.716. The van der Waals surface area contributed by atoms with Crippen LogP contribution in [0.25, 0.3) is 0 Å². The highest BCUT2D eigenvalue weighted by atomic mass is 32.2. The lowest BCUT2D eigenvalue weighted by Gasteiger charge is -2.16. The number of nitrogens with one attached hydrogen (secondary N) is 2. The second kappa shape index (κ2) is 14.7. The molecule has 0 radical (unpaired) electrons. The van der Waals surface area contributed by atoms with Gasteiger partial charge in [-0.2, -0.15) is 0 Å². The Hall–Kier alpha value is -3.64. The first-order valence-electron chi connectivity index (χ1n) is 10.5. The summed E-state index contributed by atoms with van der Waals surface area (Å²) in [4.78, 5) is 73.5. The average molecular weight is 533 g/mol. The third kappa shape index (κ3) is 8.86. The van der Waals surface area contributed by atoms with Gasteiger partial charge in [0.05, 0.1) is 14.2 Å². The normalized spacial score (nSPS) is 11.9. The third-order valence-corrected chi connectivity index (χ3v) is 6.73. The Bertz CT molecular complexity index is 1010. The lowest BCUT2D eigenvalue weighted by molar-refractivity contribution is -0.142. The van der Waals surface area contributed by atoms with Crippen molar-refractivity contribution in [3.63, 3.8) is 0 Å². The predicted octanol–water partition coefficient (Wildman–Crippen LogP) is 1.45. The van der Waals surface area contributed by atoms with Crippen LogP contribution in [0, 0.1) is 0 Å². The standard InChI is InChI=1S/C24H24N2O8S2/c1-33-21(29)17(35-23(31)15-9-5-3-6-10-15)13-25-19(27)20(28)26-14-18(22(30)34-2)36-24(32)16-11-7-4-8-12-16/h3-12,17-18H,13-14H2,1-2H3,(H,25,27)(H,26,28). The van der Waals surface area contributed by atoms with Gasteiger partial charge in [0.25, 0.3) is 0 Å². The number of esters is 2. The van der Waals surface area contributed by atoms with Crippen molar-refractivity contribution in [3.8, 4) is 0 Å². The Kier molecular flexibility index (Phi) is 11.7. The second-order valence-electron chi connectivity index (χ2n) is 6.99. The summed E-state index contributed by atoms with van der Waals surface area (Å²) < 4.78 is 9.37. The zero-order chi connectivity index (χ0) is 26.5. The third-order valence-electron chi connectivity index (χ3n) is 4.55. The molecule has 36 heavy (non-hydrogen) atoms. The number of hydrogen-bond acceptors (Lipinski definition) is 10. The number of rotatable bonds is 10. The molecule has 0 spiro atoms. The summed E-state index contributed by atoms with van der Waals surface area (Å²) in [6.45, 7) is -0.715. The molecule has 0 heterocycles. The van der Waals surface area contributed by atoms with Gasteiger partial charge in [-0.25, -0.2) is 0 Å². The topological polar surface area (TPSA) is 145 Å². The number of carbonyl (C=O) groups excluding carboxylic acids is 6. The zero-order valence-electron chi connectivity index (χ0n) is 19.4. The van der Waals surface area contributed by atoms with E-state index in [9.17, 15) is 28.8 Å². The largest absolute Gasteiger partial charge is 0.468 e. The fourth-order valence-corrected chi connectivity index (χ4v) is 4.46. The van der Waals surface area contributed by atoms with E-state index in [1.807, 2.05) is 0 Å². The van der Waals surface area contributed by atoms with Crippen molar-refractivity contribution in [2.45, 2.75) is 10.5 Å². The maximum atomic E-state index is 12.4. The predicted molar refractivity (Wildman–Crippen MR) is 134 cm³/mol. The quantitative estimate of drug-likeness (QED) is 0.341. The number of benzene rings is 2. The molecule has 2 atom stereocenters.